The lowest BCUT2D eigenvalue weighted by Gasteiger charge is -2.45. The topological polar surface area (TPSA) is 46.2 Å². The standard InChI is InChI=1S/C14H21NO/c1-10-5-3-6-12(11(10)2)13(16)14(9-15)7-4-8-14/h3,5-6,13,16H,4,7-9,15H2,1-2H3. The molecule has 3 N–H and O–H groups in total. The van der Waals surface area contributed by atoms with Gasteiger partial charge in [0.2, 0.25) is 0 Å². The molecular weight excluding hydrogens is 198 g/mol. The van der Waals surface area contributed by atoms with E-state index in [9.17, 15) is 5.11 Å². The molecule has 0 aliphatic heterocycles. The van der Waals surface area contributed by atoms with Crippen molar-refractivity contribution in [3.63, 3.8) is 0 Å². The fraction of sp³-hybridized carbons (Fsp3) is 0.571. The predicted molar refractivity (Wildman–Crippen MR) is 66.2 cm³/mol. The first-order chi connectivity index (χ1) is 7.60. The second-order valence-electron chi connectivity index (χ2n) is 5.11. The van der Waals surface area contributed by atoms with E-state index in [0.29, 0.717) is 6.54 Å². The number of nitrogens with two attached hydrogens (primary N) is 1. The van der Waals surface area contributed by atoms with Crippen LogP contribution in [0.5, 0.6) is 0 Å². The maximum absolute atomic E-state index is 10.5. The molecule has 16 heavy (non-hydrogen) atoms. The molecule has 0 heterocycles. The highest BCUT2D eigenvalue weighted by atomic mass is 16.3. The van der Waals surface area contributed by atoms with Crippen LogP contribution in [0, 0.1) is 19.3 Å². The smallest absolute Gasteiger partial charge is 0.0860 e. The Labute approximate surface area is 97.5 Å². The van der Waals surface area contributed by atoms with Crippen molar-refractivity contribution in [1.29, 1.82) is 0 Å². The number of hydrogen-bond donors (Lipinski definition) is 2. The minimum atomic E-state index is -0.397. The van der Waals surface area contributed by atoms with Crippen LogP contribution < -0.4 is 5.73 Å². The Morgan fingerprint density at radius 1 is 1.38 bits per heavy atom. The molecule has 2 rings (SSSR count). The van der Waals surface area contributed by atoms with Crippen LogP contribution in [0.1, 0.15) is 42.1 Å². The highest BCUT2D eigenvalue weighted by Gasteiger charge is 2.43. The molecule has 1 aliphatic carbocycles. The van der Waals surface area contributed by atoms with Gasteiger partial charge < -0.3 is 10.8 Å². The molecule has 0 radical (unpaired) electrons. The monoisotopic (exact) mass is 219 g/mol. The van der Waals surface area contributed by atoms with Gasteiger partial charge in [0.05, 0.1) is 6.10 Å². The summed E-state index contributed by atoms with van der Waals surface area (Å²) in [6.07, 6.45) is 2.90. The van der Waals surface area contributed by atoms with E-state index in [0.717, 1.165) is 18.4 Å². The summed E-state index contributed by atoms with van der Waals surface area (Å²) >= 11 is 0. The van der Waals surface area contributed by atoms with E-state index < -0.39 is 6.10 Å². The second-order valence-corrected chi connectivity index (χ2v) is 5.11. The van der Waals surface area contributed by atoms with Gasteiger partial charge in [-0.3, -0.25) is 0 Å². The van der Waals surface area contributed by atoms with Gasteiger partial charge in [0.1, 0.15) is 0 Å². The molecule has 1 aromatic rings. The van der Waals surface area contributed by atoms with E-state index in [1.807, 2.05) is 12.1 Å². The van der Waals surface area contributed by atoms with Crippen molar-refractivity contribution in [3.8, 4) is 0 Å². The third kappa shape index (κ3) is 1.66. The summed E-state index contributed by atoms with van der Waals surface area (Å²) in [6.45, 7) is 4.75. The van der Waals surface area contributed by atoms with Gasteiger partial charge in [-0.25, -0.2) is 0 Å². The molecule has 1 unspecified atom stereocenters. The maximum Gasteiger partial charge on any atom is 0.0860 e. The van der Waals surface area contributed by atoms with Gasteiger partial charge in [-0.1, -0.05) is 24.6 Å². The first kappa shape index (κ1) is 11.6. The fourth-order valence-corrected chi connectivity index (χ4v) is 2.62. The van der Waals surface area contributed by atoms with Crippen LogP contribution in [0.15, 0.2) is 18.2 Å². The molecule has 0 aromatic heterocycles. The molecular formula is C14H21NO. The Morgan fingerprint density at radius 2 is 2.06 bits per heavy atom. The predicted octanol–water partition coefficient (Wildman–Crippen LogP) is 2.47. The number of rotatable bonds is 3. The van der Waals surface area contributed by atoms with Gasteiger partial charge in [-0.2, -0.15) is 0 Å². The summed E-state index contributed by atoms with van der Waals surface area (Å²) in [6, 6.07) is 6.13. The maximum atomic E-state index is 10.5. The Morgan fingerprint density at radius 3 is 2.56 bits per heavy atom. The van der Waals surface area contributed by atoms with Crippen molar-refractivity contribution in [2.45, 2.75) is 39.2 Å². The molecule has 2 heteroatoms. The summed E-state index contributed by atoms with van der Waals surface area (Å²) in [4.78, 5) is 0. The molecule has 1 aliphatic rings. The fourth-order valence-electron chi connectivity index (χ4n) is 2.62. The number of hydrogen-bond acceptors (Lipinski definition) is 2. The Bertz CT molecular complexity index is 377. The lowest BCUT2D eigenvalue weighted by molar-refractivity contribution is -0.0300. The van der Waals surface area contributed by atoms with Crippen LogP contribution in [0.25, 0.3) is 0 Å². The first-order valence-corrected chi connectivity index (χ1v) is 6.05. The van der Waals surface area contributed by atoms with Gasteiger partial charge in [0.25, 0.3) is 0 Å². The van der Waals surface area contributed by atoms with Gasteiger partial charge in [-0.05, 0) is 43.4 Å². The van der Waals surface area contributed by atoms with E-state index in [4.69, 9.17) is 5.73 Å². The SMILES string of the molecule is Cc1cccc(C(O)C2(CN)CCC2)c1C. The largest absolute Gasteiger partial charge is 0.388 e. The van der Waals surface area contributed by atoms with Gasteiger partial charge >= 0.3 is 0 Å². The van der Waals surface area contributed by atoms with E-state index in [1.165, 1.54) is 17.5 Å². The van der Waals surface area contributed by atoms with Crippen LogP contribution in [0.3, 0.4) is 0 Å². The molecule has 88 valence electrons. The third-order valence-corrected chi connectivity index (χ3v) is 4.28. The number of aliphatic hydroxyl groups is 1. The van der Waals surface area contributed by atoms with E-state index in [1.54, 1.807) is 0 Å². The van der Waals surface area contributed by atoms with Crippen molar-refractivity contribution in [2.75, 3.05) is 6.54 Å². The molecule has 1 atom stereocenters. The zero-order valence-corrected chi connectivity index (χ0v) is 10.2. The Hall–Kier alpha value is -0.860. The van der Waals surface area contributed by atoms with E-state index in [2.05, 4.69) is 19.9 Å². The minimum absolute atomic E-state index is 0.0570. The van der Waals surface area contributed by atoms with Crippen molar-refractivity contribution in [1.82, 2.24) is 0 Å². The van der Waals surface area contributed by atoms with Crippen LogP contribution in [-0.2, 0) is 0 Å². The quantitative estimate of drug-likeness (QED) is 0.820. The van der Waals surface area contributed by atoms with E-state index in [-0.39, 0.29) is 5.41 Å². The molecule has 1 saturated carbocycles. The van der Waals surface area contributed by atoms with Crippen LogP contribution in [0.4, 0.5) is 0 Å². The molecule has 1 aromatic carbocycles. The zero-order valence-electron chi connectivity index (χ0n) is 10.2. The second kappa shape index (κ2) is 4.19. The van der Waals surface area contributed by atoms with Crippen LogP contribution in [0.2, 0.25) is 0 Å². The van der Waals surface area contributed by atoms with Crippen LogP contribution >= 0.6 is 0 Å². The summed E-state index contributed by atoms with van der Waals surface area (Å²) in [5.74, 6) is 0. The third-order valence-electron chi connectivity index (χ3n) is 4.28. The summed E-state index contributed by atoms with van der Waals surface area (Å²) in [5.41, 5.74) is 9.28. The molecule has 0 bridgehead atoms. The molecule has 0 spiro atoms. The number of aliphatic hydroxyl groups excluding tert-OH is 1. The molecule has 0 saturated heterocycles. The normalized spacial score (nSPS) is 20.2. The average Bonchev–Trinajstić information content (AvgIpc) is 2.21. The van der Waals surface area contributed by atoms with E-state index >= 15 is 0 Å². The average molecular weight is 219 g/mol. The molecule has 0 amide bonds. The first-order valence-electron chi connectivity index (χ1n) is 6.05. The van der Waals surface area contributed by atoms with Crippen molar-refractivity contribution in [2.24, 2.45) is 11.1 Å². The summed E-state index contributed by atoms with van der Waals surface area (Å²) in [7, 11) is 0. The van der Waals surface area contributed by atoms with Gasteiger partial charge in [-0.15, -0.1) is 0 Å². The van der Waals surface area contributed by atoms with Crippen molar-refractivity contribution >= 4 is 0 Å². The molecule has 1 fully saturated rings. The molecule has 2 nitrogen and oxygen atoms in total. The van der Waals surface area contributed by atoms with Crippen molar-refractivity contribution < 1.29 is 5.11 Å². The lowest BCUT2D eigenvalue weighted by Crippen LogP contribution is -2.42. The lowest BCUT2D eigenvalue weighted by atomic mass is 9.63. The van der Waals surface area contributed by atoms with Crippen molar-refractivity contribution in [3.05, 3.63) is 34.9 Å². The van der Waals surface area contributed by atoms with Gasteiger partial charge in [0.15, 0.2) is 0 Å². The van der Waals surface area contributed by atoms with Gasteiger partial charge in [0, 0.05) is 12.0 Å². The Kier molecular flexibility index (Phi) is 3.04. The van der Waals surface area contributed by atoms with Crippen LogP contribution in [-0.4, -0.2) is 11.7 Å². The highest BCUT2D eigenvalue weighted by molar-refractivity contribution is 5.36. The minimum Gasteiger partial charge on any atom is -0.388 e. The number of benzene rings is 1. The summed E-state index contributed by atoms with van der Waals surface area (Å²) in [5, 5.41) is 10.5. The number of aryl methyl sites for hydroxylation is 1. The highest BCUT2D eigenvalue weighted by Crippen LogP contribution is 2.50. The zero-order chi connectivity index (χ0) is 11.8. The Balaban J connectivity index is 2.33. The summed E-state index contributed by atoms with van der Waals surface area (Å²) < 4.78 is 0.